The highest BCUT2D eigenvalue weighted by Crippen LogP contribution is 2.25. The lowest BCUT2D eigenvalue weighted by atomic mass is 10.1. The molecule has 6 heteroatoms. The molecule has 2 aromatic carbocycles. The van der Waals surface area contributed by atoms with Crippen LogP contribution in [-0.4, -0.2) is 32.8 Å². The third-order valence-corrected chi connectivity index (χ3v) is 6.09. The van der Waals surface area contributed by atoms with Gasteiger partial charge in [-0.2, -0.15) is 0 Å². The zero-order valence-corrected chi connectivity index (χ0v) is 17.5. The van der Waals surface area contributed by atoms with E-state index in [1.807, 2.05) is 53.4 Å². The van der Waals surface area contributed by atoms with E-state index in [1.165, 1.54) is 12.8 Å². The average molecular weight is 415 g/mol. The normalized spacial score (nSPS) is 15.7. The second kappa shape index (κ2) is 8.38. The van der Waals surface area contributed by atoms with Crippen LogP contribution in [0.3, 0.4) is 0 Å². The quantitative estimate of drug-likeness (QED) is 0.678. The lowest BCUT2D eigenvalue weighted by molar-refractivity contribution is -0.128. The van der Waals surface area contributed by atoms with E-state index >= 15 is 0 Å². The van der Waals surface area contributed by atoms with Crippen LogP contribution in [0, 0.1) is 0 Å². The Hall–Kier alpha value is -3.41. The molecule has 3 heterocycles. The molecule has 2 aliphatic heterocycles. The number of amides is 2. The maximum absolute atomic E-state index is 12.7. The molecule has 1 fully saturated rings. The van der Waals surface area contributed by atoms with Gasteiger partial charge in [-0.3, -0.25) is 9.59 Å². The molecule has 2 aliphatic rings. The molecule has 0 unspecified atom stereocenters. The van der Waals surface area contributed by atoms with Gasteiger partial charge < -0.3 is 14.8 Å². The number of nitrogens with one attached hydrogen (secondary N) is 1. The Morgan fingerprint density at radius 1 is 1.00 bits per heavy atom. The smallest absolute Gasteiger partial charge is 0.255 e. The summed E-state index contributed by atoms with van der Waals surface area (Å²) < 4.78 is 2.24. The molecular formula is C25H26N4O2. The highest BCUT2D eigenvalue weighted by atomic mass is 16.2. The number of likely N-dealkylation sites (tertiary alicyclic amines) is 1. The van der Waals surface area contributed by atoms with Gasteiger partial charge in [-0.05, 0) is 49.1 Å². The summed E-state index contributed by atoms with van der Waals surface area (Å²) in [6, 6.07) is 15.3. The van der Waals surface area contributed by atoms with Crippen molar-refractivity contribution in [2.75, 3.05) is 11.9 Å². The number of rotatable bonds is 5. The monoisotopic (exact) mass is 414 g/mol. The van der Waals surface area contributed by atoms with E-state index in [9.17, 15) is 9.59 Å². The van der Waals surface area contributed by atoms with Crippen molar-refractivity contribution in [2.45, 2.75) is 45.2 Å². The molecule has 1 aromatic heterocycles. The van der Waals surface area contributed by atoms with E-state index in [0.29, 0.717) is 18.5 Å². The van der Waals surface area contributed by atoms with Crippen LogP contribution < -0.4 is 5.32 Å². The van der Waals surface area contributed by atoms with Gasteiger partial charge in [-0.15, -0.1) is 0 Å². The number of aromatic nitrogens is 2. The van der Waals surface area contributed by atoms with Crippen LogP contribution in [0.2, 0.25) is 0 Å². The van der Waals surface area contributed by atoms with Gasteiger partial charge >= 0.3 is 0 Å². The van der Waals surface area contributed by atoms with Gasteiger partial charge in [-0.1, -0.05) is 24.3 Å². The molecule has 158 valence electrons. The minimum Gasteiger partial charge on any atom is -0.338 e. The standard InChI is InChI=1S/C25H26N4O2/c30-24-8-4-14-29(24)16-18-9-11-19(12-10-18)25(31)26-21-6-3-5-20(15-21)22-17-28-13-2-1-7-23(28)27-22/h3,5-6,9-12,15,17H,1-2,4,7-8,13-14,16H2,(H,26,31). The van der Waals surface area contributed by atoms with Crippen molar-refractivity contribution in [3.8, 4) is 11.3 Å². The van der Waals surface area contributed by atoms with Crippen molar-refractivity contribution in [2.24, 2.45) is 0 Å². The van der Waals surface area contributed by atoms with Crippen LogP contribution in [0.4, 0.5) is 5.69 Å². The van der Waals surface area contributed by atoms with Crippen molar-refractivity contribution < 1.29 is 9.59 Å². The van der Waals surface area contributed by atoms with Gasteiger partial charge in [0, 0.05) is 55.5 Å². The number of hydrogen-bond acceptors (Lipinski definition) is 3. The molecule has 5 rings (SSSR count). The van der Waals surface area contributed by atoms with E-state index < -0.39 is 0 Å². The van der Waals surface area contributed by atoms with Crippen LogP contribution in [0.15, 0.2) is 54.7 Å². The fraction of sp³-hybridized carbons (Fsp3) is 0.320. The Kier molecular flexibility index (Phi) is 5.28. The number of nitrogens with zero attached hydrogens (tertiary/aromatic N) is 3. The zero-order valence-electron chi connectivity index (χ0n) is 17.5. The van der Waals surface area contributed by atoms with E-state index in [2.05, 4.69) is 16.1 Å². The summed E-state index contributed by atoms with van der Waals surface area (Å²) in [5.74, 6) is 1.21. The number of imidazole rings is 1. The van der Waals surface area contributed by atoms with Crippen LogP contribution in [0.25, 0.3) is 11.3 Å². The fourth-order valence-corrected chi connectivity index (χ4v) is 4.36. The summed E-state index contributed by atoms with van der Waals surface area (Å²) in [5.41, 5.74) is 4.34. The molecule has 0 atom stereocenters. The third-order valence-electron chi connectivity index (χ3n) is 6.09. The first-order valence-corrected chi connectivity index (χ1v) is 11.0. The molecule has 1 saturated heterocycles. The highest BCUT2D eigenvalue weighted by molar-refractivity contribution is 6.04. The molecule has 1 N–H and O–H groups in total. The Bertz CT molecular complexity index is 1090. The SMILES string of the molecule is O=C(Nc1cccc(-c2cn3c(n2)CCCC3)c1)c1ccc(CN2CCCC2=O)cc1. The summed E-state index contributed by atoms with van der Waals surface area (Å²) in [6.07, 6.45) is 7.10. The molecule has 0 spiro atoms. The molecule has 0 bridgehead atoms. The molecule has 0 aliphatic carbocycles. The Morgan fingerprint density at radius 2 is 1.87 bits per heavy atom. The lowest BCUT2D eigenvalue weighted by Crippen LogP contribution is -2.23. The largest absolute Gasteiger partial charge is 0.338 e. The Labute approximate surface area is 181 Å². The molecule has 2 amide bonds. The Morgan fingerprint density at radius 3 is 2.65 bits per heavy atom. The maximum atomic E-state index is 12.7. The summed E-state index contributed by atoms with van der Waals surface area (Å²) in [6.45, 7) is 2.45. The predicted molar refractivity (Wildman–Crippen MR) is 120 cm³/mol. The van der Waals surface area contributed by atoms with Crippen molar-refractivity contribution in [1.29, 1.82) is 0 Å². The zero-order chi connectivity index (χ0) is 21.2. The third kappa shape index (κ3) is 4.24. The van der Waals surface area contributed by atoms with E-state index in [1.54, 1.807) is 0 Å². The lowest BCUT2D eigenvalue weighted by Gasteiger charge is -2.15. The highest BCUT2D eigenvalue weighted by Gasteiger charge is 2.20. The van der Waals surface area contributed by atoms with Gasteiger partial charge in [0.15, 0.2) is 0 Å². The number of anilines is 1. The first-order chi connectivity index (χ1) is 15.2. The average Bonchev–Trinajstić information content (AvgIpc) is 3.40. The summed E-state index contributed by atoms with van der Waals surface area (Å²) >= 11 is 0. The molecule has 0 radical (unpaired) electrons. The second-order valence-electron chi connectivity index (χ2n) is 8.34. The van der Waals surface area contributed by atoms with Gasteiger partial charge in [0.05, 0.1) is 5.69 Å². The Balaban J connectivity index is 1.26. The van der Waals surface area contributed by atoms with Crippen molar-refractivity contribution >= 4 is 17.5 Å². The number of fused-ring (bicyclic) bond motifs is 1. The number of hydrogen-bond donors (Lipinski definition) is 1. The minimum atomic E-state index is -0.148. The van der Waals surface area contributed by atoms with Gasteiger partial charge in [0.1, 0.15) is 5.82 Å². The van der Waals surface area contributed by atoms with Gasteiger partial charge in [-0.25, -0.2) is 4.98 Å². The first kappa shape index (κ1) is 19.5. The summed E-state index contributed by atoms with van der Waals surface area (Å²) in [4.78, 5) is 31.2. The van der Waals surface area contributed by atoms with E-state index in [0.717, 1.165) is 54.3 Å². The van der Waals surface area contributed by atoms with E-state index in [4.69, 9.17) is 4.98 Å². The maximum Gasteiger partial charge on any atom is 0.255 e. The van der Waals surface area contributed by atoms with Gasteiger partial charge in [0.2, 0.25) is 5.91 Å². The molecule has 3 aromatic rings. The molecule has 6 nitrogen and oxygen atoms in total. The number of carbonyl (C=O) groups excluding carboxylic acids is 2. The number of carbonyl (C=O) groups is 2. The van der Waals surface area contributed by atoms with Crippen LogP contribution in [0.5, 0.6) is 0 Å². The second-order valence-corrected chi connectivity index (χ2v) is 8.34. The van der Waals surface area contributed by atoms with Crippen LogP contribution in [-0.2, 0) is 24.3 Å². The molecular weight excluding hydrogens is 388 g/mol. The van der Waals surface area contributed by atoms with Crippen molar-refractivity contribution in [3.05, 3.63) is 71.7 Å². The number of benzene rings is 2. The summed E-state index contributed by atoms with van der Waals surface area (Å²) in [5, 5.41) is 2.99. The predicted octanol–water partition coefficient (Wildman–Crippen LogP) is 4.26. The molecule has 31 heavy (non-hydrogen) atoms. The van der Waals surface area contributed by atoms with Gasteiger partial charge in [0.25, 0.3) is 5.91 Å². The van der Waals surface area contributed by atoms with Crippen LogP contribution in [0.1, 0.15) is 47.4 Å². The van der Waals surface area contributed by atoms with Crippen LogP contribution >= 0.6 is 0 Å². The minimum absolute atomic E-state index is 0.148. The first-order valence-electron chi connectivity index (χ1n) is 11.0. The molecule has 0 saturated carbocycles. The van der Waals surface area contributed by atoms with Crippen molar-refractivity contribution in [1.82, 2.24) is 14.5 Å². The number of aryl methyl sites for hydroxylation is 2. The summed E-state index contributed by atoms with van der Waals surface area (Å²) in [7, 11) is 0. The van der Waals surface area contributed by atoms with E-state index in [-0.39, 0.29) is 11.8 Å². The topological polar surface area (TPSA) is 67.2 Å². The fourth-order valence-electron chi connectivity index (χ4n) is 4.36. The van der Waals surface area contributed by atoms with Crippen molar-refractivity contribution in [3.63, 3.8) is 0 Å².